The van der Waals surface area contributed by atoms with Crippen molar-refractivity contribution in [2.24, 2.45) is 0 Å². The van der Waals surface area contributed by atoms with E-state index in [-0.39, 0.29) is 0 Å². The van der Waals surface area contributed by atoms with Gasteiger partial charge in [0.2, 0.25) is 6.29 Å². The van der Waals surface area contributed by atoms with Gasteiger partial charge in [-0.25, -0.2) is 4.79 Å². The van der Waals surface area contributed by atoms with Crippen LogP contribution in [0.5, 0.6) is 0 Å². The van der Waals surface area contributed by atoms with Crippen LogP contribution in [0.25, 0.3) is 0 Å². The van der Waals surface area contributed by atoms with Crippen molar-refractivity contribution in [3.05, 3.63) is 12.7 Å². The van der Waals surface area contributed by atoms with Gasteiger partial charge in [-0.1, -0.05) is 6.58 Å². The van der Waals surface area contributed by atoms with Crippen molar-refractivity contribution in [2.75, 3.05) is 0 Å². The Morgan fingerprint density at radius 2 is 2.15 bits per heavy atom. The summed E-state index contributed by atoms with van der Waals surface area (Å²) in [6.07, 6.45) is -0.689. The van der Waals surface area contributed by atoms with E-state index in [1.165, 1.54) is 0 Å². The molecule has 0 rings (SSSR count). The Labute approximate surface area is 74.1 Å². The molecule has 0 heterocycles. The Kier molecular flexibility index (Phi) is 4.82. The van der Waals surface area contributed by atoms with Gasteiger partial charge in [-0.3, -0.25) is 4.89 Å². The van der Waals surface area contributed by atoms with Gasteiger partial charge in [0, 0.05) is 6.08 Å². The standard InChI is InChI=1S/C5H9O7P/c1-3-5(6)11-10-4(2)12-13(7,8)9/h3-4H,1H2,2H3,(H2,7,8,9)/p-2. The highest BCUT2D eigenvalue weighted by Gasteiger charge is 2.07. The van der Waals surface area contributed by atoms with Gasteiger partial charge < -0.3 is 18.9 Å². The lowest BCUT2D eigenvalue weighted by molar-refractivity contribution is -0.380. The molecule has 0 aromatic carbocycles. The summed E-state index contributed by atoms with van der Waals surface area (Å²) in [4.78, 5) is 38.2. The SMILES string of the molecule is C=CC(=O)OOC(C)OP(=O)([O-])[O-]. The highest BCUT2D eigenvalue weighted by Crippen LogP contribution is 2.27. The van der Waals surface area contributed by atoms with Crippen molar-refractivity contribution in [3.63, 3.8) is 0 Å². The fraction of sp³-hybridized carbons (Fsp3) is 0.400. The van der Waals surface area contributed by atoms with E-state index in [9.17, 15) is 19.1 Å². The van der Waals surface area contributed by atoms with Crippen LogP contribution < -0.4 is 9.79 Å². The second-order valence-corrected chi connectivity index (χ2v) is 2.93. The number of phosphoric acid groups is 1. The average Bonchev–Trinajstić information content (AvgIpc) is 1.97. The van der Waals surface area contributed by atoms with Gasteiger partial charge in [-0.15, -0.1) is 0 Å². The quantitative estimate of drug-likeness (QED) is 0.185. The summed E-state index contributed by atoms with van der Waals surface area (Å²) in [6, 6.07) is 0. The predicted octanol–water partition coefficient (Wildman–Crippen LogP) is -1.16. The summed E-state index contributed by atoms with van der Waals surface area (Å²) in [6.45, 7) is 4.11. The predicted molar refractivity (Wildman–Crippen MR) is 35.5 cm³/mol. The lowest BCUT2D eigenvalue weighted by atomic mass is 10.7. The highest BCUT2D eigenvalue weighted by atomic mass is 31.2. The van der Waals surface area contributed by atoms with Crippen LogP contribution in [-0.4, -0.2) is 12.3 Å². The molecule has 0 saturated carbocycles. The van der Waals surface area contributed by atoms with E-state index < -0.39 is 20.1 Å². The minimum absolute atomic E-state index is 0.792. The molecule has 0 aromatic heterocycles. The molecule has 0 N–H and O–H groups in total. The normalized spacial score (nSPS) is 13.5. The molecule has 0 fully saturated rings. The fourth-order valence-electron chi connectivity index (χ4n) is 0.349. The lowest BCUT2D eigenvalue weighted by Gasteiger charge is -2.30. The van der Waals surface area contributed by atoms with Crippen LogP contribution in [0, 0.1) is 0 Å². The molecule has 13 heavy (non-hydrogen) atoms. The van der Waals surface area contributed by atoms with Crippen LogP contribution in [0.15, 0.2) is 12.7 Å². The summed E-state index contributed by atoms with van der Waals surface area (Å²) >= 11 is 0. The molecule has 0 aliphatic heterocycles. The largest absolute Gasteiger partial charge is 0.790 e. The lowest BCUT2D eigenvalue weighted by Crippen LogP contribution is -2.23. The first kappa shape index (κ1) is 12.3. The monoisotopic (exact) mass is 210 g/mol. The van der Waals surface area contributed by atoms with Gasteiger partial charge in [0.15, 0.2) is 0 Å². The van der Waals surface area contributed by atoms with E-state index in [1.54, 1.807) is 0 Å². The maximum Gasteiger partial charge on any atom is 0.365 e. The van der Waals surface area contributed by atoms with Crippen molar-refractivity contribution in [2.45, 2.75) is 13.2 Å². The number of carbonyl (C=O) groups excluding carboxylic acids is 1. The van der Waals surface area contributed by atoms with E-state index in [0.29, 0.717) is 0 Å². The van der Waals surface area contributed by atoms with Crippen LogP contribution in [0.3, 0.4) is 0 Å². The third kappa shape index (κ3) is 7.63. The third-order valence-corrected chi connectivity index (χ3v) is 1.27. The Balaban J connectivity index is 3.76. The van der Waals surface area contributed by atoms with Gasteiger partial charge in [0.1, 0.15) is 0 Å². The number of rotatable bonds is 5. The van der Waals surface area contributed by atoms with Crippen molar-refractivity contribution in [3.8, 4) is 0 Å². The van der Waals surface area contributed by atoms with E-state index in [2.05, 4.69) is 20.9 Å². The molecule has 0 saturated heterocycles. The molecule has 0 aromatic rings. The topological polar surface area (TPSA) is 108 Å². The summed E-state index contributed by atoms with van der Waals surface area (Å²) in [5.41, 5.74) is 0. The number of hydrogen-bond donors (Lipinski definition) is 0. The molecule has 76 valence electrons. The molecule has 0 amide bonds. The third-order valence-electron chi connectivity index (χ3n) is 0.710. The molecular weight excluding hydrogens is 203 g/mol. The van der Waals surface area contributed by atoms with Crippen LogP contribution in [0.2, 0.25) is 0 Å². The summed E-state index contributed by atoms with van der Waals surface area (Å²) in [5.74, 6) is -0.929. The molecular formula is C5H7O7P-2. The van der Waals surface area contributed by atoms with Crippen molar-refractivity contribution in [1.82, 2.24) is 0 Å². The van der Waals surface area contributed by atoms with Crippen LogP contribution in [0.4, 0.5) is 0 Å². The minimum Gasteiger partial charge on any atom is -0.790 e. The molecule has 7 nitrogen and oxygen atoms in total. The molecule has 0 bridgehead atoms. The van der Waals surface area contributed by atoms with E-state index in [0.717, 1.165) is 13.0 Å². The molecule has 1 unspecified atom stereocenters. The molecule has 0 aliphatic rings. The van der Waals surface area contributed by atoms with E-state index in [4.69, 9.17) is 0 Å². The first-order chi connectivity index (χ1) is 5.85. The smallest absolute Gasteiger partial charge is 0.365 e. The molecule has 8 heteroatoms. The van der Waals surface area contributed by atoms with E-state index in [1.807, 2.05) is 0 Å². The second kappa shape index (κ2) is 5.11. The van der Waals surface area contributed by atoms with Crippen LogP contribution in [-0.2, 0) is 23.7 Å². The zero-order valence-corrected chi connectivity index (χ0v) is 7.56. The van der Waals surface area contributed by atoms with Crippen molar-refractivity contribution >= 4 is 13.8 Å². The fourth-order valence-corrected chi connectivity index (χ4v) is 0.747. The number of phosphoric ester groups is 1. The molecule has 0 spiro atoms. The Morgan fingerprint density at radius 1 is 1.62 bits per heavy atom. The molecule has 0 radical (unpaired) electrons. The van der Waals surface area contributed by atoms with Gasteiger partial charge in [-0.2, -0.15) is 4.89 Å². The first-order valence-corrected chi connectivity index (χ1v) is 4.51. The van der Waals surface area contributed by atoms with Gasteiger partial charge in [0.25, 0.3) is 0 Å². The molecule has 1 atom stereocenters. The average molecular weight is 210 g/mol. The summed E-state index contributed by atoms with van der Waals surface area (Å²) in [7, 11) is -5.13. The number of hydrogen-bond acceptors (Lipinski definition) is 7. The maximum atomic E-state index is 10.3. The summed E-state index contributed by atoms with van der Waals surface area (Å²) in [5, 5.41) is 0. The van der Waals surface area contributed by atoms with Crippen molar-refractivity contribution in [1.29, 1.82) is 0 Å². The zero-order chi connectivity index (χ0) is 10.5. The molecule has 0 aliphatic carbocycles. The van der Waals surface area contributed by atoms with Crippen molar-refractivity contribution < 1.29 is 33.4 Å². The van der Waals surface area contributed by atoms with E-state index >= 15 is 0 Å². The Bertz CT molecular complexity index is 231. The Hall–Kier alpha value is -0.720. The number of carbonyl (C=O) groups is 1. The van der Waals surface area contributed by atoms with Gasteiger partial charge >= 0.3 is 5.97 Å². The zero-order valence-electron chi connectivity index (χ0n) is 6.67. The van der Waals surface area contributed by atoms with Gasteiger partial charge in [-0.05, 0) is 6.92 Å². The van der Waals surface area contributed by atoms with Gasteiger partial charge in [0.05, 0.1) is 7.82 Å². The summed E-state index contributed by atoms with van der Waals surface area (Å²) < 4.78 is 13.7. The first-order valence-electron chi connectivity index (χ1n) is 3.05. The van der Waals surface area contributed by atoms with Crippen LogP contribution in [0.1, 0.15) is 6.92 Å². The second-order valence-electron chi connectivity index (χ2n) is 1.82. The highest BCUT2D eigenvalue weighted by molar-refractivity contribution is 7.43. The van der Waals surface area contributed by atoms with Crippen LogP contribution >= 0.6 is 7.82 Å². The minimum atomic E-state index is -5.13. The Morgan fingerprint density at radius 3 is 2.54 bits per heavy atom. The maximum absolute atomic E-state index is 10.3.